The number of halogens is 2. The van der Waals surface area contributed by atoms with Gasteiger partial charge in [0.15, 0.2) is 0 Å². The van der Waals surface area contributed by atoms with Crippen LogP contribution in [0.15, 0.2) is 33.5 Å². The molecule has 0 aliphatic rings. The maximum absolute atomic E-state index is 12.0. The fraction of sp³-hybridized carbons (Fsp3) is 0.286. The van der Waals surface area contributed by atoms with Crippen molar-refractivity contribution in [1.82, 2.24) is 9.55 Å². The molecule has 1 aromatic carbocycles. The number of ether oxygens (including phenoxy) is 1. The first-order chi connectivity index (χ1) is 9.55. The minimum atomic E-state index is -0.145. The molecule has 0 amide bonds. The Hall–Kier alpha value is -1.33. The maximum atomic E-state index is 12.0. The van der Waals surface area contributed by atoms with E-state index >= 15 is 0 Å². The van der Waals surface area contributed by atoms with Gasteiger partial charge in [0.2, 0.25) is 0 Å². The summed E-state index contributed by atoms with van der Waals surface area (Å²) in [7, 11) is 1.61. The van der Waals surface area contributed by atoms with Gasteiger partial charge in [0.1, 0.15) is 16.7 Å². The lowest BCUT2D eigenvalue weighted by molar-refractivity contribution is 0.412. The van der Waals surface area contributed by atoms with E-state index in [9.17, 15) is 4.79 Å². The molecule has 0 spiro atoms. The van der Waals surface area contributed by atoms with Gasteiger partial charge in [0, 0.05) is 12.5 Å². The molecule has 0 fully saturated rings. The van der Waals surface area contributed by atoms with E-state index in [1.807, 2.05) is 25.1 Å². The zero-order valence-electron chi connectivity index (χ0n) is 11.2. The van der Waals surface area contributed by atoms with Gasteiger partial charge in [0.25, 0.3) is 5.56 Å². The van der Waals surface area contributed by atoms with Crippen LogP contribution in [-0.4, -0.2) is 16.7 Å². The number of hydrogen-bond acceptors (Lipinski definition) is 3. The summed E-state index contributed by atoms with van der Waals surface area (Å²) in [6, 6.07) is 7.04. The molecule has 0 saturated heterocycles. The monoisotopic (exact) mass is 356 g/mol. The minimum absolute atomic E-state index is 0.145. The van der Waals surface area contributed by atoms with E-state index in [-0.39, 0.29) is 10.7 Å². The smallest absolute Gasteiger partial charge is 0.255 e. The summed E-state index contributed by atoms with van der Waals surface area (Å²) < 4.78 is 7.67. The van der Waals surface area contributed by atoms with E-state index in [2.05, 4.69) is 20.9 Å². The second kappa shape index (κ2) is 6.41. The molecule has 0 bridgehead atoms. The van der Waals surface area contributed by atoms with E-state index < -0.39 is 0 Å². The Bertz CT molecular complexity index is 685. The lowest BCUT2D eigenvalue weighted by Gasteiger charge is -2.12. The van der Waals surface area contributed by atoms with Crippen molar-refractivity contribution in [2.45, 2.75) is 19.9 Å². The third-order valence-corrected chi connectivity index (χ3v) is 3.74. The summed E-state index contributed by atoms with van der Waals surface area (Å²) in [5.74, 6) is 1.43. The highest BCUT2D eigenvalue weighted by atomic mass is 79.9. The third kappa shape index (κ3) is 3.22. The van der Waals surface area contributed by atoms with Crippen molar-refractivity contribution < 1.29 is 4.74 Å². The highest BCUT2D eigenvalue weighted by Crippen LogP contribution is 2.25. The number of nitrogens with zero attached hydrogens (tertiary/aromatic N) is 2. The lowest BCUT2D eigenvalue weighted by atomic mass is 10.2. The average Bonchev–Trinajstić information content (AvgIpc) is 2.41. The molecule has 0 saturated carbocycles. The van der Waals surface area contributed by atoms with Gasteiger partial charge in [-0.15, -0.1) is 0 Å². The van der Waals surface area contributed by atoms with Crippen molar-refractivity contribution >= 4 is 27.5 Å². The number of benzene rings is 1. The molecular formula is C14H14BrClN2O2. The maximum Gasteiger partial charge on any atom is 0.255 e. The van der Waals surface area contributed by atoms with Crippen LogP contribution in [0.4, 0.5) is 0 Å². The summed E-state index contributed by atoms with van der Waals surface area (Å²) >= 11 is 9.26. The Morgan fingerprint density at radius 2 is 2.15 bits per heavy atom. The molecule has 2 aromatic rings. The van der Waals surface area contributed by atoms with Gasteiger partial charge in [-0.2, -0.15) is 0 Å². The molecule has 0 N–H and O–H groups in total. The Kier molecular flexibility index (Phi) is 4.83. The summed E-state index contributed by atoms with van der Waals surface area (Å²) in [6.45, 7) is 2.40. The van der Waals surface area contributed by atoms with Crippen molar-refractivity contribution in [1.29, 1.82) is 0 Å². The van der Waals surface area contributed by atoms with Gasteiger partial charge < -0.3 is 4.74 Å². The van der Waals surface area contributed by atoms with E-state index in [1.54, 1.807) is 11.7 Å². The van der Waals surface area contributed by atoms with Gasteiger partial charge >= 0.3 is 0 Å². The zero-order chi connectivity index (χ0) is 14.7. The van der Waals surface area contributed by atoms with Crippen molar-refractivity contribution in [2.24, 2.45) is 0 Å². The second-order valence-corrected chi connectivity index (χ2v) is 5.48. The van der Waals surface area contributed by atoms with Crippen LogP contribution in [0.2, 0.25) is 5.15 Å². The van der Waals surface area contributed by atoms with Crippen molar-refractivity contribution in [2.75, 3.05) is 7.11 Å². The molecular weight excluding hydrogens is 344 g/mol. The molecule has 0 aliphatic heterocycles. The third-order valence-electron chi connectivity index (χ3n) is 2.93. The van der Waals surface area contributed by atoms with Crippen molar-refractivity contribution in [3.8, 4) is 5.75 Å². The standard InChI is InChI=1S/C14H14BrClN2O2/c1-3-13-17-12(16)7-14(19)18(13)8-9-4-5-11(20-2)10(15)6-9/h4-7H,3,8H2,1-2H3. The lowest BCUT2D eigenvalue weighted by Crippen LogP contribution is -2.24. The first-order valence-electron chi connectivity index (χ1n) is 6.13. The Labute approximate surface area is 130 Å². The van der Waals surface area contributed by atoms with Crippen LogP contribution in [0.3, 0.4) is 0 Å². The van der Waals surface area contributed by atoms with Gasteiger partial charge in [-0.05, 0) is 33.6 Å². The molecule has 0 atom stereocenters. The van der Waals surface area contributed by atoms with Crippen LogP contribution >= 0.6 is 27.5 Å². The van der Waals surface area contributed by atoms with E-state index in [1.165, 1.54) is 6.07 Å². The van der Waals surface area contributed by atoms with Gasteiger partial charge in [-0.25, -0.2) is 4.98 Å². The number of aryl methyl sites for hydroxylation is 1. The molecule has 20 heavy (non-hydrogen) atoms. The SMILES string of the molecule is CCc1nc(Cl)cc(=O)n1Cc1ccc(OC)c(Br)c1. The number of methoxy groups -OCH3 is 1. The molecule has 6 heteroatoms. The Morgan fingerprint density at radius 1 is 1.40 bits per heavy atom. The van der Waals surface area contributed by atoms with E-state index in [4.69, 9.17) is 16.3 Å². The summed E-state index contributed by atoms with van der Waals surface area (Å²) in [4.78, 5) is 16.2. The molecule has 1 aromatic heterocycles. The predicted molar refractivity (Wildman–Crippen MR) is 82.7 cm³/mol. The summed E-state index contributed by atoms with van der Waals surface area (Å²) in [5, 5.41) is 0.235. The van der Waals surface area contributed by atoms with Crippen molar-refractivity contribution in [3.05, 3.63) is 55.6 Å². The highest BCUT2D eigenvalue weighted by molar-refractivity contribution is 9.10. The Morgan fingerprint density at radius 3 is 2.75 bits per heavy atom. The van der Waals surface area contributed by atoms with Crippen molar-refractivity contribution in [3.63, 3.8) is 0 Å². The normalized spacial score (nSPS) is 10.6. The fourth-order valence-corrected chi connectivity index (χ4v) is 2.73. The molecule has 0 radical (unpaired) electrons. The average molecular weight is 358 g/mol. The summed E-state index contributed by atoms with van der Waals surface area (Å²) in [5.41, 5.74) is 0.840. The quantitative estimate of drug-likeness (QED) is 0.789. The van der Waals surface area contributed by atoms with Crippen LogP contribution in [0, 0.1) is 0 Å². The number of rotatable bonds is 4. The highest BCUT2D eigenvalue weighted by Gasteiger charge is 2.08. The number of aromatic nitrogens is 2. The van der Waals surface area contributed by atoms with Gasteiger partial charge in [-0.1, -0.05) is 24.6 Å². The first kappa shape index (κ1) is 15.1. The Balaban J connectivity index is 2.40. The van der Waals surface area contributed by atoms with Crippen LogP contribution in [0.25, 0.3) is 0 Å². The largest absolute Gasteiger partial charge is 0.496 e. The van der Waals surface area contributed by atoms with E-state index in [0.29, 0.717) is 18.8 Å². The topological polar surface area (TPSA) is 44.1 Å². The van der Waals surface area contributed by atoms with E-state index in [0.717, 1.165) is 15.8 Å². The predicted octanol–water partition coefficient (Wildman–Crippen LogP) is 3.28. The fourth-order valence-electron chi connectivity index (χ4n) is 1.95. The molecule has 2 rings (SSSR count). The zero-order valence-corrected chi connectivity index (χ0v) is 13.5. The molecule has 0 unspecified atom stereocenters. The second-order valence-electron chi connectivity index (χ2n) is 4.24. The van der Waals surface area contributed by atoms with Gasteiger partial charge in [0.05, 0.1) is 18.1 Å². The summed E-state index contributed by atoms with van der Waals surface area (Å²) in [6.07, 6.45) is 0.646. The van der Waals surface area contributed by atoms with Crippen LogP contribution in [0.1, 0.15) is 18.3 Å². The molecule has 106 valence electrons. The minimum Gasteiger partial charge on any atom is -0.496 e. The van der Waals surface area contributed by atoms with Crippen LogP contribution < -0.4 is 10.3 Å². The van der Waals surface area contributed by atoms with Crippen LogP contribution in [0.5, 0.6) is 5.75 Å². The molecule has 0 aliphatic carbocycles. The van der Waals surface area contributed by atoms with Crippen LogP contribution in [-0.2, 0) is 13.0 Å². The van der Waals surface area contributed by atoms with Gasteiger partial charge in [-0.3, -0.25) is 9.36 Å². The number of hydrogen-bond donors (Lipinski definition) is 0. The first-order valence-corrected chi connectivity index (χ1v) is 7.31. The molecule has 1 heterocycles. The molecule has 4 nitrogen and oxygen atoms in total.